The molecule has 1 aromatic rings. The number of rotatable bonds is 15. The first-order chi connectivity index (χ1) is 13.5. The van der Waals surface area contributed by atoms with Gasteiger partial charge in [0, 0.05) is 6.20 Å². The van der Waals surface area contributed by atoms with E-state index in [-0.39, 0.29) is 5.69 Å². The first kappa shape index (κ1) is 23.6. The van der Waals surface area contributed by atoms with Crippen molar-refractivity contribution in [1.82, 2.24) is 9.22 Å². The molecule has 0 spiro atoms. The molecule has 0 amide bonds. The summed E-state index contributed by atoms with van der Waals surface area (Å²) in [7, 11) is -4.24. The third kappa shape index (κ3) is 5.77. The first-order valence-corrected chi connectivity index (χ1v) is 14.7. The van der Waals surface area contributed by atoms with Crippen LogP contribution in [0.15, 0.2) is 93.0 Å². The van der Waals surface area contributed by atoms with Crippen molar-refractivity contribution < 1.29 is 0 Å². The summed E-state index contributed by atoms with van der Waals surface area (Å²) in [6, 6.07) is 6.73. The zero-order valence-corrected chi connectivity index (χ0v) is 18.9. The van der Waals surface area contributed by atoms with Gasteiger partial charge in [0.25, 0.3) is 0 Å². The van der Waals surface area contributed by atoms with E-state index in [1.54, 1.807) is 0 Å². The van der Waals surface area contributed by atoms with Gasteiger partial charge in [0.05, 0.1) is 0 Å². The highest BCUT2D eigenvalue weighted by molar-refractivity contribution is 6.83. The Hall–Kier alpha value is -2.45. The van der Waals surface area contributed by atoms with Gasteiger partial charge in [-0.1, -0.05) is 36.5 Å². The highest BCUT2D eigenvalue weighted by atomic mass is 28.3. The van der Waals surface area contributed by atoms with Crippen molar-refractivity contribution >= 4 is 22.3 Å². The SMILES string of the molecule is C=CC[Si](CC=C)(CC=C)Nc1ccn([Si](CC=C)(CC=C)CC=C)c(=O)n1. The summed E-state index contributed by atoms with van der Waals surface area (Å²) < 4.78 is 1.82. The lowest BCUT2D eigenvalue weighted by atomic mass is 10.6. The molecular weight excluding hydrogens is 378 g/mol. The Labute approximate surface area is 171 Å². The zero-order valence-electron chi connectivity index (χ0n) is 16.9. The largest absolute Gasteiger partial charge is 0.394 e. The van der Waals surface area contributed by atoms with Gasteiger partial charge in [-0.25, -0.2) is 4.79 Å². The molecule has 0 saturated heterocycles. The first-order valence-electron chi connectivity index (χ1n) is 9.50. The Morgan fingerprint density at radius 3 is 1.61 bits per heavy atom. The van der Waals surface area contributed by atoms with Crippen molar-refractivity contribution in [2.24, 2.45) is 0 Å². The van der Waals surface area contributed by atoms with Crippen molar-refractivity contribution in [2.75, 3.05) is 4.98 Å². The Balaban J connectivity index is 3.37. The average Bonchev–Trinajstić information content (AvgIpc) is 2.63. The standard InChI is InChI=1S/C22H33N3OSi2/c1-7-15-27(16-8-2,17-9-3)24-21-13-14-25(22(26)23-21)28(18-10-4,19-11-5)20-12-6/h7-14H,1-6,15-20H2,(H,23,24,26). The minimum Gasteiger partial charge on any atom is -0.394 e. The van der Waals surface area contributed by atoms with Crippen LogP contribution in [-0.4, -0.2) is 25.7 Å². The molecule has 1 N–H and O–H groups in total. The summed E-state index contributed by atoms with van der Waals surface area (Å²) in [4.78, 5) is 20.9. The molecule has 28 heavy (non-hydrogen) atoms. The number of hydrogen-bond donors (Lipinski definition) is 1. The molecule has 1 heterocycles. The molecule has 0 bridgehead atoms. The normalized spacial score (nSPS) is 11.3. The third-order valence-electron chi connectivity index (χ3n) is 4.89. The molecule has 1 rings (SSSR count). The second-order valence-electron chi connectivity index (χ2n) is 7.05. The van der Waals surface area contributed by atoms with Crippen LogP contribution in [0.25, 0.3) is 0 Å². The fourth-order valence-corrected chi connectivity index (χ4v) is 10.4. The van der Waals surface area contributed by atoms with E-state index in [0.717, 1.165) is 36.3 Å². The van der Waals surface area contributed by atoms with Crippen LogP contribution in [0.2, 0.25) is 36.3 Å². The number of nitrogens with one attached hydrogen (secondary N) is 1. The minimum atomic E-state index is -2.22. The number of allylic oxidation sites excluding steroid dienone is 6. The monoisotopic (exact) mass is 411 g/mol. The van der Waals surface area contributed by atoms with Gasteiger partial charge in [-0.05, 0) is 42.3 Å². The van der Waals surface area contributed by atoms with Crippen LogP contribution in [0.3, 0.4) is 0 Å². The molecule has 150 valence electrons. The van der Waals surface area contributed by atoms with E-state index >= 15 is 0 Å². The summed E-state index contributed by atoms with van der Waals surface area (Å²) in [6.45, 7) is 23.3. The van der Waals surface area contributed by atoms with Crippen molar-refractivity contribution in [3.8, 4) is 0 Å². The molecule has 0 aliphatic carbocycles. The Bertz CT molecular complexity index is 729. The predicted molar refractivity (Wildman–Crippen MR) is 129 cm³/mol. The van der Waals surface area contributed by atoms with Crippen molar-refractivity contribution in [3.63, 3.8) is 0 Å². The lowest BCUT2D eigenvalue weighted by molar-refractivity contribution is 0.936. The maximum absolute atomic E-state index is 13.0. The molecule has 0 radical (unpaired) electrons. The molecule has 1 aromatic heterocycles. The second kappa shape index (κ2) is 11.4. The summed E-state index contributed by atoms with van der Waals surface area (Å²) in [5, 5.41) is 0. The number of nitrogens with zero attached hydrogens (tertiary/aromatic N) is 2. The quantitative estimate of drug-likeness (QED) is 0.306. The lowest BCUT2D eigenvalue weighted by Crippen LogP contribution is -2.49. The maximum atomic E-state index is 13.0. The predicted octanol–water partition coefficient (Wildman–Crippen LogP) is 5.51. The van der Waals surface area contributed by atoms with E-state index in [0.29, 0.717) is 5.82 Å². The molecule has 6 heteroatoms. The van der Waals surface area contributed by atoms with Gasteiger partial charge < -0.3 is 9.22 Å². The van der Waals surface area contributed by atoms with Crippen molar-refractivity contribution in [1.29, 1.82) is 0 Å². The molecule has 0 fully saturated rings. The highest BCUT2D eigenvalue weighted by Gasteiger charge is 2.34. The number of hydrogen-bond acceptors (Lipinski definition) is 3. The summed E-state index contributed by atoms with van der Waals surface area (Å²) in [6.07, 6.45) is 13.3. The van der Waals surface area contributed by atoms with Gasteiger partial charge in [-0.2, -0.15) is 4.98 Å². The van der Waals surface area contributed by atoms with Gasteiger partial charge in [0.15, 0.2) is 16.5 Å². The van der Waals surface area contributed by atoms with Gasteiger partial charge in [-0.3, -0.25) is 0 Å². The van der Waals surface area contributed by atoms with E-state index < -0.39 is 16.5 Å². The van der Waals surface area contributed by atoms with Crippen LogP contribution in [0.4, 0.5) is 5.82 Å². The highest BCUT2D eigenvalue weighted by Crippen LogP contribution is 2.26. The maximum Gasteiger partial charge on any atom is 0.341 e. The smallest absolute Gasteiger partial charge is 0.341 e. The molecule has 0 atom stereocenters. The fraction of sp³-hybridized carbons (Fsp3) is 0.273. The fourth-order valence-electron chi connectivity index (χ4n) is 3.69. The van der Waals surface area contributed by atoms with E-state index in [1.165, 1.54) is 0 Å². The molecule has 0 unspecified atom stereocenters. The van der Waals surface area contributed by atoms with Gasteiger partial charge in [0.2, 0.25) is 0 Å². The Kier molecular flexibility index (Phi) is 9.61. The van der Waals surface area contributed by atoms with E-state index in [2.05, 4.69) is 49.4 Å². The van der Waals surface area contributed by atoms with Gasteiger partial charge >= 0.3 is 5.69 Å². The summed E-state index contributed by atoms with van der Waals surface area (Å²) in [5.41, 5.74) is -0.235. The van der Waals surface area contributed by atoms with Crippen molar-refractivity contribution in [2.45, 2.75) is 36.3 Å². The molecule has 0 aliphatic rings. The molecule has 0 aromatic carbocycles. The lowest BCUT2D eigenvalue weighted by Gasteiger charge is -2.32. The minimum absolute atomic E-state index is 0.235. The zero-order chi connectivity index (χ0) is 21.0. The van der Waals surface area contributed by atoms with E-state index in [9.17, 15) is 4.79 Å². The number of anilines is 1. The molecule has 4 nitrogen and oxygen atoms in total. The average molecular weight is 412 g/mol. The number of aromatic nitrogens is 2. The molecular formula is C22H33N3OSi2. The van der Waals surface area contributed by atoms with Crippen LogP contribution >= 0.6 is 0 Å². The Morgan fingerprint density at radius 2 is 1.25 bits per heavy atom. The topological polar surface area (TPSA) is 46.9 Å². The summed E-state index contributed by atoms with van der Waals surface area (Å²) >= 11 is 0. The van der Waals surface area contributed by atoms with E-state index in [1.807, 2.05) is 53.0 Å². The second-order valence-corrected chi connectivity index (χ2v) is 15.2. The van der Waals surface area contributed by atoms with Crippen LogP contribution in [0.1, 0.15) is 0 Å². The molecule has 0 saturated carbocycles. The Morgan fingerprint density at radius 1 is 0.821 bits per heavy atom. The van der Waals surface area contributed by atoms with Crippen LogP contribution in [0.5, 0.6) is 0 Å². The van der Waals surface area contributed by atoms with Gasteiger partial charge in [-0.15, -0.1) is 39.5 Å². The van der Waals surface area contributed by atoms with Crippen LogP contribution < -0.4 is 10.7 Å². The van der Waals surface area contributed by atoms with E-state index in [4.69, 9.17) is 0 Å². The molecule has 0 aliphatic heterocycles. The third-order valence-corrected chi connectivity index (χ3v) is 13.4. The van der Waals surface area contributed by atoms with Crippen molar-refractivity contribution in [3.05, 3.63) is 98.7 Å². The van der Waals surface area contributed by atoms with Gasteiger partial charge in [0.1, 0.15) is 5.82 Å². The van der Waals surface area contributed by atoms with Crippen LogP contribution in [0, 0.1) is 0 Å². The summed E-state index contributed by atoms with van der Waals surface area (Å²) in [5.74, 6) is 0.608. The van der Waals surface area contributed by atoms with Crippen LogP contribution in [-0.2, 0) is 0 Å².